The van der Waals surface area contributed by atoms with E-state index < -0.39 is 6.09 Å². The van der Waals surface area contributed by atoms with Gasteiger partial charge in [0.15, 0.2) is 0 Å². The molecule has 5 nitrogen and oxygen atoms in total. The number of methoxy groups -OCH3 is 1. The lowest BCUT2D eigenvalue weighted by atomic mass is 10.00. The Labute approximate surface area is 103 Å². The van der Waals surface area contributed by atoms with Gasteiger partial charge >= 0.3 is 6.09 Å². The normalized spacial score (nSPS) is 19.9. The Balaban J connectivity index is 2.53. The van der Waals surface area contributed by atoms with E-state index in [9.17, 15) is 9.59 Å². The van der Waals surface area contributed by atoms with Crippen LogP contribution in [-0.2, 0) is 9.53 Å². The second-order valence-corrected chi connectivity index (χ2v) is 4.47. The lowest BCUT2D eigenvalue weighted by molar-refractivity contribution is -0.135. The van der Waals surface area contributed by atoms with E-state index in [2.05, 4.69) is 11.7 Å². The molecule has 0 N–H and O–H groups in total. The molecule has 1 atom stereocenters. The van der Waals surface area contributed by atoms with Gasteiger partial charge in [-0.05, 0) is 25.7 Å². The molecule has 0 saturated carbocycles. The number of hydrogen-bond donors (Lipinski definition) is 0. The Hall–Kier alpha value is -1.26. The number of nitrogens with zero attached hydrogens (tertiary/aromatic N) is 2. The molecule has 1 rings (SSSR count). The molecule has 0 aliphatic carbocycles. The van der Waals surface area contributed by atoms with Crippen molar-refractivity contribution >= 4 is 12.0 Å². The Morgan fingerprint density at radius 1 is 1.41 bits per heavy atom. The van der Waals surface area contributed by atoms with E-state index in [1.54, 1.807) is 7.05 Å². The van der Waals surface area contributed by atoms with Crippen molar-refractivity contribution in [3.05, 3.63) is 0 Å². The standard InChI is InChI=1S/C12H22N2O3/c1-4-10-7-5-6-8-14(10)11(15)9-13(2)12(16)17-3/h10H,4-9H2,1-3H3/t10-/m1/s1. The van der Waals surface area contributed by atoms with E-state index >= 15 is 0 Å². The van der Waals surface area contributed by atoms with Gasteiger partial charge in [0.1, 0.15) is 6.54 Å². The van der Waals surface area contributed by atoms with Crippen LogP contribution in [0.15, 0.2) is 0 Å². The highest BCUT2D eigenvalue weighted by molar-refractivity contribution is 5.82. The van der Waals surface area contributed by atoms with Crippen molar-refractivity contribution in [2.45, 2.75) is 38.6 Å². The van der Waals surface area contributed by atoms with Crippen LogP contribution in [0.1, 0.15) is 32.6 Å². The predicted molar refractivity (Wildman–Crippen MR) is 64.7 cm³/mol. The molecule has 98 valence electrons. The first-order valence-corrected chi connectivity index (χ1v) is 6.18. The number of carbonyl (C=O) groups excluding carboxylic acids is 2. The van der Waals surface area contributed by atoms with E-state index in [1.807, 2.05) is 4.90 Å². The van der Waals surface area contributed by atoms with Crippen LogP contribution in [0.25, 0.3) is 0 Å². The molecule has 17 heavy (non-hydrogen) atoms. The van der Waals surface area contributed by atoms with Gasteiger partial charge in [0.25, 0.3) is 0 Å². The molecule has 1 saturated heterocycles. The Kier molecular flexibility index (Phi) is 5.25. The number of amides is 2. The molecule has 0 aromatic carbocycles. The van der Waals surface area contributed by atoms with Crippen molar-refractivity contribution < 1.29 is 14.3 Å². The minimum Gasteiger partial charge on any atom is -0.453 e. The van der Waals surface area contributed by atoms with Crippen LogP contribution in [0.5, 0.6) is 0 Å². The van der Waals surface area contributed by atoms with Crippen molar-refractivity contribution in [3.63, 3.8) is 0 Å². The first-order valence-electron chi connectivity index (χ1n) is 6.18. The summed E-state index contributed by atoms with van der Waals surface area (Å²) in [4.78, 5) is 26.5. The largest absolute Gasteiger partial charge is 0.453 e. The van der Waals surface area contributed by atoms with Gasteiger partial charge in [-0.2, -0.15) is 0 Å². The molecule has 0 bridgehead atoms. The number of likely N-dealkylation sites (tertiary alicyclic amines) is 1. The molecule has 1 aliphatic rings. The number of hydrogen-bond acceptors (Lipinski definition) is 3. The van der Waals surface area contributed by atoms with Gasteiger partial charge in [0.2, 0.25) is 5.91 Å². The fourth-order valence-corrected chi connectivity index (χ4v) is 2.27. The molecule has 1 aliphatic heterocycles. The Bertz CT molecular complexity index is 281. The first-order chi connectivity index (χ1) is 8.10. The second kappa shape index (κ2) is 6.47. The summed E-state index contributed by atoms with van der Waals surface area (Å²) in [6.45, 7) is 3.01. The summed E-state index contributed by atoms with van der Waals surface area (Å²) in [5.41, 5.74) is 0. The van der Waals surface area contributed by atoms with E-state index in [4.69, 9.17) is 0 Å². The molecular formula is C12H22N2O3. The maximum Gasteiger partial charge on any atom is 0.409 e. The molecule has 1 fully saturated rings. The summed E-state index contributed by atoms with van der Waals surface area (Å²) in [6.07, 6.45) is 3.83. The SMILES string of the molecule is CC[C@@H]1CCCCN1C(=O)CN(C)C(=O)OC. The van der Waals surface area contributed by atoms with Crippen LogP contribution in [0, 0.1) is 0 Å². The van der Waals surface area contributed by atoms with Crippen LogP contribution in [0.4, 0.5) is 4.79 Å². The molecule has 0 aromatic rings. The fourth-order valence-electron chi connectivity index (χ4n) is 2.27. The van der Waals surface area contributed by atoms with Gasteiger partial charge in [0, 0.05) is 19.6 Å². The highest BCUT2D eigenvalue weighted by Crippen LogP contribution is 2.19. The highest BCUT2D eigenvalue weighted by Gasteiger charge is 2.26. The van der Waals surface area contributed by atoms with Crippen LogP contribution >= 0.6 is 0 Å². The van der Waals surface area contributed by atoms with Crippen LogP contribution in [0.3, 0.4) is 0 Å². The van der Waals surface area contributed by atoms with E-state index in [0.29, 0.717) is 6.04 Å². The molecule has 0 radical (unpaired) electrons. The van der Waals surface area contributed by atoms with Gasteiger partial charge in [-0.25, -0.2) is 4.79 Å². The van der Waals surface area contributed by atoms with Gasteiger partial charge < -0.3 is 14.5 Å². The van der Waals surface area contributed by atoms with Crippen LogP contribution in [0.2, 0.25) is 0 Å². The molecule has 0 unspecified atom stereocenters. The molecule has 5 heteroatoms. The Morgan fingerprint density at radius 3 is 2.71 bits per heavy atom. The van der Waals surface area contributed by atoms with Crippen molar-refractivity contribution in [3.8, 4) is 0 Å². The summed E-state index contributed by atoms with van der Waals surface area (Å²) in [7, 11) is 2.90. The lowest BCUT2D eigenvalue weighted by Gasteiger charge is -2.36. The molecule has 1 heterocycles. The molecule has 2 amide bonds. The predicted octanol–water partition coefficient (Wildman–Crippen LogP) is 1.48. The lowest BCUT2D eigenvalue weighted by Crippen LogP contribution is -2.48. The molecular weight excluding hydrogens is 220 g/mol. The van der Waals surface area contributed by atoms with Gasteiger partial charge in [0.05, 0.1) is 7.11 Å². The third-order valence-electron chi connectivity index (χ3n) is 3.28. The van der Waals surface area contributed by atoms with E-state index in [-0.39, 0.29) is 12.5 Å². The number of rotatable bonds is 3. The van der Waals surface area contributed by atoms with Gasteiger partial charge in [-0.3, -0.25) is 4.79 Å². The molecule has 0 aromatic heterocycles. The summed E-state index contributed by atoms with van der Waals surface area (Å²) in [5.74, 6) is 0.0180. The maximum atomic E-state index is 12.1. The summed E-state index contributed by atoms with van der Waals surface area (Å²) >= 11 is 0. The zero-order valence-electron chi connectivity index (χ0n) is 10.9. The highest BCUT2D eigenvalue weighted by atomic mass is 16.5. The van der Waals surface area contributed by atoms with Crippen molar-refractivity contribution in [1.29, 1.82) is 0 Å². The summed E-state index contributed by atoms with van der Waals surface area (Å²) in [6, 6.07) is 0.335. The maximum absolute atomic E-state index is 12.1. The van der Waals surface area contributed by atoms with E-state index in [1.165, 1.54) is 18.4 Å². The molecule has 0 spiro atoms. The third-order valence-corrected chi connectivity index (χ3v) is 3.28. The minimum atomic E-state index is -0.469. The zero-order valence-corrected chi connectivity index (χ0v) is 10.9. The fraction of sp³-hybridized carbons (Fsp3) is 0.833. The summed E-state index contributed by atoms with van der Waals surface area (Å²) in [5, 5.41) is 0. The average Bonchev–Trinajstić information content (AvgIpc) is 2.37. The zero-order chi connectivity index (χ0) is 12.8. The van der Waals surface area contributed by atoms with Crippen molar-refractivity contribution in [2.75, 3.05) is 27.2 Å². The average molecular weight is 242 g/mol. The topological polar surface area (TPSA) is 49.9 Å². The van der Waals surface area contributed by atoms with Gasteiger partial charge in [-0.15, -0.1) is 0 Å². The smallest absolute Gasteiger partial charge is 0.409 e. The monoisotopic (exact) mass is 242 g/mol. The van der Waals surface area contributed by atoms with Crippen LogP contribution < -0.4 is 0 Å². The summed E-state index contributed by atoms with van der Waals surface area (Å²) < 4.78 is 4.57. The van der Waals surface area contributed by atoms with Crippen LogP contribution in [-0.4, -0.2) is 55.1 Å². The quantitative estimate of drug-likeness (QED) is 0.753. The van der Waals surface area contributed by atoms with E-state index in [0.717, 1.165) is 25.8 Å². The minimum absolute atomic E-state index is 0.0180. The van der Waals surface area contributed by atoms with Crippen molar-refractivity contribution in [1.82, 2.24) is 9.80 Å². The Morgan fingerprint density at radius 2 is 2.12 bits per heavy atom. The second-order valence-electron chi connectivity index (χ2n) is 4.47. The van der Waals surface area contributed by atoms with Gasteiger partial charge in [-0.1, -0.05) is 6.92 Å². The number of ether oxygens (including phenoxy) is 1. The first kappa shape index (κ1) is 13.8. The van der Waals surface area contributed by atoms with Crippen molar-refractivity contribution in [2.24, 2.45) is 0 Å². The number of carbonyl (C=O) groups is 2. The third kappa shape index (κ3) is 3.61. The number of likely N-dealkylation sites (N-methyl/N-ethyl adjacent to an activating group) is 1. The number of piperidine rings is 1.